The van der Waals surface area contributed by atoms with Gasteiger partial charge in [0.25, 0.3) is 5.91 Å². The standard InChI is InChI=1S/C18H21N5O2/c1-22-15-6-4-3-5-13(15)20-16(22)7-9-19-18(24)17-12-11-25-10-8-14(12)23(2)21-17/h3-6H,7-11H2,1-2H3,(H,19,24). The number of amides is 1. The van der Waals surface area contributed by atoms with Crippen LogP contribution in [0.15, 0.2) is 24.3 Å². The second kappa shape index (κ2) is 6.33. The van der Waals surface area contributed by atoms with Crippen LogP contribution >= 0.6 is 0 Å². The Kier molecular flexibility index (Phi) is 4.01. The fourth-order valence-corrected chi connectivity index (χ4v) is 3.38. The van der Waals surface area contributed by atoms with Crippen molar-refractivity contribution in [2.24, 2.45) is 14.1 Å². The van der Waals surface area contributed by atoms with Crippen molar-refractivity contribution in [2.45, 2.75) is 19.4 Å². The number of imidazole rings is 1. The molecule has 0 spiro atoms. The molecular formula is C18H21N5O2. The number of nitrogens with one attached hydrogen (secondary N) is 1. The first kappa shape index (κ1) is 15.8. The quantitative estimate of drug-likeness (QED) is 0.779. The van der Waals surface area contributed by atoms with E-state index in [0.29, 0.717) is 31.9 Å². The Balaban J connectivity index is 1.45. The number of carbonyl (C=O) groups is 1. The van der Waals surface area contributed by atoms with Crippen LogP contribution in [-0.2, 0) is 38.3 Å². The van der Waals surface area contributed by atoms with E-state index >= 15 is 0 Å². The molecule has 1 N–H and O–H groups in total. The summed E-state index contributed by atoms with van der Waals surface area (Å²) in [6, 6.07) is 8.03. The second-order valence-corrected chi connectivity index (χ2v) is 6.28. The minimum Gasteiger partial charge on any atom is -0.376 e. The van der Waals surface area contributed by atoms with E-state index in [1.165, 1.54) is 0 Å². The van der Waals surface area contributed by atoms with Gasteiger partial charge in [0.15, 0.2) is 5.69 Å². The minimum atomic E-state index is -0.152. The van der Waals surface area contributed by atoms with Gasteiger partial charge in [0.05, 0.1) is 24.2 Å². The molecule has 25 heavy (non-hydrogen) atoms. The number of benzene rings is 1. The van der Waals surface area contributed by atoms with Crippen LogP contribution in [0.2, 0.25) is 0 Å². The van der Waals surface area contributed by atoms with Gasteiger partial charge in [0, 0.05) is 44.7 Å². The Hall–Kier alpha value is -2.67. The molecule has 1 aliphatic rings. The van der Waals surface area contributed by atoms with Crippen LogP contribution in [0.5, 0.6) is 0 Å². The predicted octanol–water partition coefficient (Wildman–Crippen LogP) is 1.35. The SMILES string of the molecule is Cn1nc(C(=O)NCCc2nc3ccccc3n2C)c2c1CCOC2. The Morgan fingerprint density at radius 2 is 2.16 bits per heavy atom. The summed E-state index contributed by atoms with van der Waals surface area (Å²) >= 11 is 0. The van der Waals surface area contributed by atoms with E-state index in [0.717, 1.165) is 34.5 Å². The molecule has 7 nitrogen and oxygen atoms in total. The second-order valence-electron chi connectivity index (χ2n) is 6.28. The van der Waals surface area contributed by atoms with Gasteiger partial charge >= 0.3 is 0 Å². The number of fused-ring (bicyclic) bond motifs is 2. The minimum absolute atomic E-state index is 0.152. The van der Waals surface area contributed by atoms with Crippen LogP contribution < -0.4 is 5.32 Å². The summed E-state index contributed by atoms with van der Waals surface area (Å²) in [5.74, 6) is 0.800. The highest BCUT2D eigenvalue weighted by Crippen LogP contribution is 2.20. The van der Waals surface area contributed by atoms with E-state index in [2.05, 4.69) is 20.0 Å². The number of carbonyl (C=O) groups excluding carboxylic acids is 1. The number of nitrogens with zero attached hydrogens (tertiary/aromatic N) is 4. The van der Waals surface area contributed by atoms with Crippen LogP contribution in [0.3, 0.4) is 0 Å². The van der Waals surface area contributed by atoms with Crippen molar-refractivity contribution in [3.05, 3.63) is 47.0 Å². The summed E-state index contributed by atoms with van der Waals surface area (Å²) in [6.45, 7) is 1.65. The van der Waals surface area contributed by atoms with Crippen molar-refractivity contribution >= 4 is 16.9 Å². The Morgan fingerprint density at radius 1 is 1.32 bits per heavy atom. The van der Waals surface area contributed by atoms with E-state index in [-0.39, 0.29) is 5.91 Å². The maximum atomic E-state index is 12.5. The Labute approximate surface area is 145 Å². The van der Waals surface area contributed by atoms with Gasteiger partial charge in [-0.3, -0.25) is 9.48 Å². The van der Waals surface area contributed by atoms with Gasteiger partial charge in [-0.25, -0.2) is 4.98 Å². The molecule has 2 aromatic heterocycles. The highest BCUT2D eigenvalue weighted by atomic mass is 16.5. The number of hydrogen-bond acceptors (Lipinski definition) is 4. The summed E-state index contributed by atoms with van der Waals surface area (Å²) < 4.78 is 9.33. The third-order valence-corrected chi connectivity index (χ3v) is 4.73. The van der Waals surface area contributed by atoms with Gasteiger partial charge in [-0.2, -0.15) is 5.10 Å². The summed E-state index contributed by atoms with van der Waals surface area (Å²) in [4.78, 5) is 17.1. The van der Waals surface area contributed by atoms with Gasteiger partial charge < -0.3 is 14.6 Å². The first-order chi connectivity index (χ1) is 12.1. The van der Waals surface area contributed by atoms with E-state index in [1.54, 1.807) is 4.68 Å². The third-order valence-electron chi connectivity index (χ3n) is 4.73. The molecule has 1 aliphatic heterocycles. The molecule has 3 heterocycles. The number of para-hydroxylation sites is 2. The zero-order valence-electron chi connectivity index (χ0n) is 14.5. The summed E-state index contributed by atoms with van der Waals surface area (Å²) in [6.07, 6.45) is 1.47. The molecule has 0 atom stereocenters. The lowest BCUT2D eigenvalue weighted by Crippen LogP contribution is -2.28. The van der Waals surface area contributed by atoms with Crippen LogP contribution in [-0.4, -0.2) is 38.4 Å². The van der Waals surface area contributed by atoms with Gasteiger partial charge in [0.2, 0.25) is 0 Å². The van der Waals surface area contributed by atoms with Crippen LogP contribution in [0.4, 0.5) is 0 Å². The highest BCUT2D eigenvalue weighted by molar-refractivity contribution is 5.94. The molecule has 7 heteroatoms. The lowest BCUT2D eigenvalue weighted by Gasteiger charge is -2.13. The van der Waals surface area contributed by atoms with Gasteiger partial charge in [-0.1, -0.05) is 12.1 Å². The Bertz CT molecular complexity index is 940. The predicted molar refractivity (Wildman–Crippen MR) is 93.3 cm³/mol. The average Bonchev–Trinajstić information content (AvgIpc) is 3.14. The zero-order chi connectivity index (χ0) is 17.4. The van der Waals surface area contributed by atoms with Crippen LogP contribution in [0.1, 0.15) is 27.6 Å². The average molecular weight is 339 g/mol. The number of aryl methyl sites for hydroxylation is 2. The molecule has 1 aromatic carbocycles. The topological polar surface area (TPSA) is 74.0 Å². The van der Waals surface area contributed by atoms with Crippen molar-refractivity contribution in [3.63, 3.8) is 0 Å². The summed E-state index contributed by atoms with van der Waals surface area (Å²) in [7, 11) is 3.87. The maximum Gasteiger partial charge on any atom is 0.272 e. The summed E-state index contributed by atoms with van der Waals surface area (Å²) in [5, 5.41) is 7.33. The molecule has 0 saturated heterocycles. The lowest BCUT2D eigenvalue weighted by molar-refractivity contribution is 0.0925. The van der Waals surface area contributed by atoms with E-state index in [1.807, 2.05) is 38.4 Å². The molecule has 130 valence electrons. The molecular weight excluding hydrogens is 318 g/mol. The van der Waals surface area contributed by atoms with Crippen molar-refractivity contribution in [3.8, 4) is 0 Å². The summed E-state index contributed by atoms with van der Waals surface area (Å²) in [5.41, 5.74) is 4.55. The number of ether oxygens (including phenoxy) is 1. The molecule has 0 bridgehead atoms. The fourth-order valence-electron chi connectivity index (χ4n) is 3.38. The smallest absolute Gasteiger partial charge is 0.272 e. The molecule has 0 unspecified atom stereocenters. The molecule has 0 saturated carbocycles. The van der Waals surface area contributed by atoms with Crippen molar-refractivity contribution in [2.75, 3.05) is 13.2 Å². The van der Waals surface area contributed by atoms with Gasteiger partial charge in [0.1, 0.15) is 5.82 Å². The van der Waals surface area contributed by atoms with Crippen LogP contribution in [0.25, 0.3) is 11.0 Å². The van der Waals surface area contributed by atoms with Crippen molar-refractivity contribution in [1.29, 1.82) is 0 Å². The Morgan fingerprint density at radius 3 is 3.00 bits per heavy atom. The molecule has 1 amide bonds. The first-order valence-corrected chi connectivity index (χ1v) is 8.46. The third kappa shape index (κ3) is 2.80. The number of rotatable bonds is 4. The molecule has 0 radical (unpaired) electrons. The normalized spacial score (nSPS) is 13.8. The monoisotopic (exact) mass is 339 g/mol. The van der Waals surface area contributed by atoms with Crippen LogP contribution in [0, 0.1) is 0 Å². The van der Waals surface area contributed by atoms with Crippen molar-refractivity contribution in [1.82, 2.24) is 24.6 Å². The van der Waals surface area contributed by atoms with Gasteiger partial charge in [-0.05, 0) is 12.1 Å². The van der Waals surface area contributed by atoms with Crippen molar-refractivity contribution < 1.29 is 9.53 Å². The van der Waals surface area contributed by atoms with Gasteiger partial charge in [-0.15, -0.1) is 0 Å². The largest absolute Gasteiger partial charge is 0.376 e. The molecule has 4 rings (SSSR count). The highest BCUT2D eigenvalue weighted by Gasteiger charge is 2.24. The zero-order valence-corrected chi connectivity index (χ0v) is 14.5. The fraction of sp³-hybridized carbons (Fsp3) is 0.389. The van der Waals surface area contributed by atoms with E-state index in [4.69, 9.17) is 4.74 Å². The number of aromatic nitrogens is 4. The van der Waals surface area contributed by atoms with E-state index in [9.17, 15) is 4.79 Å². The molecule has 0 fully saturated rings. The number of hydrogen-bond donors (Lipinski definition) is 1. The lowest BCUT2D eigenvalue weighted by atomic mass is 10.1. The molecule has 3 aromatic rings. The first-order valence-electron chi connectivity index (χ1n) is 8.46. The maximum absolute atomic E-state index is 12.5. The van der Waals surface area contributed by atoms with E-state index < -0.39 is 0 Å². The molecule has 0 aliphatic carbocycles.